The average molecular weight is 274 g/mol. The summed E-state index contributed by atoms with van der Waals surface area (Å²) < 4.78 is 0. The molecule has 19 heavy (non-hydrogen) atoms. The van der Waals surface area contributed by atoms with Crippen LogP contribution >= 0.6 is 11.6 Å². The van der Waals surface area contributed by atoms with Crippen LogP contribution in [0.2, 0.25) is 5.02 Å². The fourth-order valence-corrected chi connectivity index (χ4v) is 2.54. The van der Waals surface area contributed by atoms with Crippen LogP contribution in [0.5, 0.6) is 0 Å². The second-order valence-electron chi connectivity index (χ2n) is 5.04. The van der Waals surface area contributed by atoms with Gasteiger partial charge in [0.15, 0.2) is 0 Å². The fourth-order valence-electron chi connectivity index (χ4n) is 2.41. The normalized spacial score (nSPS) is 14.1. The van der Waals surface area contributed by atoms with E-state index in [2.05, 4.69) is 50.2 Å². The van der Waals surface area contributed by atoms with Crippen molar-refractivity contribution >= 4 is 11.6 Å². The number of benzene rings is 2. The van der Waals surface area contributed by atoms with Gasteiger partial charge in [-0.2, -0.15) is 0 Å². The Labute approximate surface area is 120 Å². The summed E-state index contributed by atoms with van der Waals surface area (Å²) in [5.41, 5.74) is 9.78. The number of hydrogen-bond acceptors (Lipinski definition) is 1. The standard InChI is InChI=1S/C17H20ClN/c1-12(11-19)16-5-3-4-6-17(16)13(2)14-7-9-15(18)10-8-14/h3-10,12-13H,11,19H2,1-2H3. The topological polar surface area (TPSA) is 26.0 Å². The van der Waals surface area contributed by atoms with Crippen LogP contribution in [-0.4, -0.2) is 6.54 Å². The number of hydrogen-bond donors (Lipinski definition) is 1. The van der Waals surface area contributed by atoms with Crippen molar-refractivity contribution in [1.82, 2.24) is 0 Å². The Morgan fingerprint density at radius 3 is 2.11 bits per heavy atom. The molecule has 0 spiro atoms. The first-order valence-electron chi connectivity index (χ1n) is 6.67. The lowest BCUT2D eigenvalue weighted by atomic mass is 9.85. The van der Waals surface area contributed by atoms with Crippen LogP contribution in [0, 0.1) is 0 Å². The second kappa shape index (κ2) is 6.23. The van der Waals surface area contributed by atoms with E-state index < -0.39 is 0 Å². The summed E-state index contributed by atoms with van der Waals surface area (Å²) in [4.78, 5) is 0. The molecule has 2 atom stereocenters. The van der Waals surface area contributed by atoms with Crippen LogP contribution in [-0.2, 0) is 0 Å². The van der Waals surface area contributed by atoms with Gasteiger partial charge >= 0.3 is 0 Å². The van der Waals surface area contributed by atoms with Crippen LogP contribution in [0.15, 0.2) is 48.5 Å². The number of halogens is 1. The Kier molecular flexibility index (Phi) is 4.62. The van der Waals surface area contributed by atoms with Gasteiger partial charge in [-0.3, -0.25) is 0 Å². The molecule has 2 rings (SSSR count). The molecule has 0 bridgehead atoms. The molecule has 0 aliphatic heterocycles. The summed E-state index contributed by atoms with van der Waals surface area (Å²) in [5.74, 6) is 0.730. The molecule has 1 nitrogen and oxygen atoms in total. The predicted molar refractivity (Wildman–Crippen MR) is 82.9 cm³/mol. The first-order chi connectivity index (χ1) is 9.13. The Balaban J connectivity index is 2.38. The van der Waals surface area contributed by atoms with E-state index in [0.717, 1.165) is 5.02 Å². The Hall–Kier alpha value is -1.31. The Morgan fingerprint density at radius 1 is 0.947 bits per heavy atom. The van der Waals surface area contributed by atoms with Crippen molar-refractivity contribution in [3.63, 3.8) is 0 Å². The van der Waals surface area contributed by atoms with Crippen molar-refractivity contribution in [2.24, 2.45) is 5.73 Å². The smallest absolute Gasteiger partial charge is 0.0406 e. The minimum Gasteiger partial charge on any atom is -0.330 e. The van der Waals surface area contributed by atoms with Gasteiger partial charge in [-0.05, 0) is 41.3 Å². The molecule has 2 N–H and O–H groups in total. The monoisotopic (exact) mass is 273 g/mol. The maximum absolute atomic E-state index is 5.95. The van der Waals surface area contributed by atoms with Gasteiger partial charge in [-0.25, -0.2) is 0 Å². The third-order valence-electron chi connectivity index (χ3n) is 3.72. The summed E-state index contributed by atoms with van der Waals surface area (Å²) >= 11 is 5.95. The average Bonchev–Trinajstić information content (AvgIpc) is 2.46. The molecule has 2 aromatic rings. The highest BCUT2D eigenvalue weighted by molar-refractivity contribution is 6.30. The van der Waals surface area contributed by atoms with E-state index in [4.69, 9.17) is 17.3 Å². The zero-order chi connectivity index (χ0) is 13.8. The third-order valence-corrected chi connectivity index (χ3v) is 3.97. The predicted octanol–water partition coefficient (Wildman–Crippen LogP) is 4.55. The molecule has 0 aliphatic carbocycles. The highest BCUT2D eigenvalue weighted by Crippen LogP contribution is 2.31. The first-order valence-corrected chi connectivity index (χ1v) is 7.05. The van der Waals surface area contributed by atoms with Crippen LogP contribution in [0.3, 0.4) is 0 Å². The zero-order valence-electron chi connectivity index (χ0n) is 11.4. The second-order valence-corrected chi connectivity index (χ2v) is 5.48. The van der Waals surface area contributed by atoms with Crippen molar-refractivity contribution in [3.05, 3.63) is 70.2 Å². The van der Waals surface area contributed by atoms with Crippen molar-refractivity contribution in [1.29, 1.82) is 0 Å². The molecule has 2 heteroatoms. The SMILES string of the molecule is CC(CN)c1ccccc1C(C)c1ccc(Cl)cc1. The maximum Gasteiger partial charge on any atom is 0.0406 e. The van der Waals surface area contributed by atoms with Gasteiger partial charge in [-0.15, -0.1) is 0 Å². The van der Waals surface area contributed by atoms with E-state index in [9.17, 15) is 0 Å². The van der Waals surface area contributed by atoms with Gasteiger partial charge in [0.05, 0.1) is 0 Å². The van der Waals surface area contributed by atoms with Crippen LogP contribution in [0.1, 0.15) is 42.4 Å². The molecule has 0 aliphatic rings. The molecule has 0 saturated heterocycles. The molecule has 0 fully saturated rings. The highest BCUT2D eigenvalue weighted by atomic mass is 35.5. The summed E-state index contributed by atoms with van der Waals surface area (Å²) in [6, 6.07) is 16.6. The molecular weight excluding hydrogens is 254 g/mol. The molecule has 0 saturated carbocycles. The maximum atomic E-state index is 5.95. The quantitative estimate of drug-likeness (QED) is 0.869. The molecule has 100 valence electrons. The third kappa shape index (κ3) is 3.17. The van der Waals surface area contributed by atoms with Gasteiger partial charge in [0.2, 0.25) is 0 Å². The highest BCUT2D eigenvalue weighted by Gasteiger charge is 2.15. The van der Waals surface area contributed by atoms with Crippen LogP contribution in [0.4, 0.5) is 0 Å². The summed E-state index contributed by atoms with van der Waals surface area (Å²) in [6.45, 7) is 5.07. The van der Waals surface area contributed by atoms with E-state index >= 15 is 0 Å². The van der Waals surface area contributed by atoms with E-state index in [0.29, 0.717) is 18.4 Å². The number of nitrogens with two attached hydrogens (primary N) is 1. The molecule has 0 radical (unpaired) electrons. The lowest BCUT2D eigenvalue weighted by Crippen LogP contribution is -2.12. The van der Waals surface area contributed by atoms with Gasteiger partial charge in [0.1, 0.15) is 0 Å². The molecule has 0 heterocycles. The fraction of sp³-hybridized carbons (Fsp3) is 0.294. The lowest BCUT2D eigenvalue weighted by Gasteiger charge is -2.20. The summed E-state index contributed by atoms with van der Waals surface area (Å²) in [7, 11) is 0. The largest absolute Gasteiger partial charge is 0.330 e. The molecular formula is C17H20ClN. The minimum atomic E-state index is 0.350. The van der Waals surface area contributed by atoms with E-state index in [1.807, 2.05) is 12.1 Å². The minimum absolute atomic E-state index is 0.350. The van der Waals surface area contributed by atoms with Crippen LogP contribution in [0.25, 0.3) is 0 Å². The molecule has 0 aromatic heterocycles. The van der Waals surface area contributed by atoms with Crippen molar-refractivity contribution in [2.75, 3.05) is 6.54 Å². The van der Waals surface area contributed by atoms with Gasteiger partial charge in [0.25, 0.3) is 0 Å². The van der Waals surface area contributed by atoms with E-state index in [1.165, 1.54) is 16.7 Å². The Morgan fingerprint density at radius 2 is 1.53 bits per heavy atom. The van der Waals surface area contributed by atoms with Crippen LogP contribution < -0.4 is 5.73 Å². The van der Waals surface area contributed by atoms with Crippen molar-refractivity contribution in [2.45, 2.75) is 25.7 Å². The van der Waals surface area contributed by atoms with E-state index in [-0.39, 0.29) is 0 Å². The van der Waals surface area contributed by atoms with E-state index in [1.54, 1.807) is 0 Å². The Bertz CT molecular complexity index is 533. The summed E-state index contributed by atoms with van der Waals surface area (Å²) in [5, 5.41) is 0.777. The van der Waals surface area contributed by atoms with Gasteiger partial charge < -0.3 is 5.73 Å². The first kappa shape index (κ1) is 14.1. The number of rotatable bonds is 4. The van der Waals surface area contributed by atoms with Gasteiger partial charge in [0, 0.05) is 10.9 Å². The zero-order valence-corrected chi connectivity index (χ0v) is 12.2. The molecule has 2 unspecified atom stereocenters. The molecule has 2 aromatic carbocycles. The lowest BCUT2D eigenvalue weighted by molar-refractivity contribution is 0.749. The summed E-state index contributed by atoms with van der Waals surface area (Å²) in [6.07, 6.45) is 0. The van der Waals surface area contributed by atoms with Crippen molar-refractivity contribution < 1.29 is 0 Å². The van der Waals surface area contributed by atoms with Crippen molar-refractivity contribution in [3.8, 4) is 0 Å². The molecule has 0 amide bonds. The van der Waals surface area contributed by atoms with Gasteiger partial charge in [-0.1, -0.05) is 61.8 Å².